The molecule has 3 aromatic heterocycles. The molecule has 2 aliphatic rings. The maximum Gasteiger partial charge on any atom is 0.252 e. The van der Waals surface area contributed by atoms with Crippen LogP contribution in [0.15, 0.2) is 279 Å². The number of nitrogens with zero attached hydrogens (tertiary/aromatic N) is 7. The standard InChI is InChI=1S/C105H100BN7/c1-100(2,3)70-40-50-87-79(56-70)80-57-71(101(4,5)6)41-51-88(80)110(87)76-45-47-84-92(63-76)112(86-49-39-69(65-31-23-19-24-32-65)55-78(86)66-33-25-20-26-34-66)94-61-75(105(16,17)18)62-95-96(94)106(84)85-48-46-77(111-89-52-42-72(102(7,8)9)58-81(89)82-59-73(103(10,11)12)43-53-90(82)111)64-93(85)113(95)91-54-44-74(104(13,14)15)60-83(91)99-108-97(67-35-27-21-28-36-67)107-98(109-99)68-37-29-22-30-38-68/h19-64H,1-18H3/i21D,22D,27D,28D,29D,30D,35D,36D,37D,38D. The fourth-order valence-corrected chi connectivity index (χ4v) is 16.9. The summed E-state index contributed by atoms with van der Waals surface area (Å²) >= 11 is 0. The van der Waals surface area contributed by atoms with Crippen LogP contribution in [0.2, 0.25) is 0 Å². The first-order valence-electron chi connectivity index (χ1n) is 44.5. The van der Waals surface area contributed by atoms with Crippen LogP contribution >= 0.6 is 0 Å². The molecule has 0 saturated carbocycles. The van der Waals surface area contributed by atoms with Gasteiger partial charge in [-0.15, -0.1) is 0 Å². The number of fused-ring (bicyclic) bond motifs is 10. The largest absolute Gasteiger partial charge is 0.311 e. The van der Waals surface area contributed by atoms with Gasteiger partial charge in [-0.05, 0) is 208 Å². The van der Waals surface area contributed by atoms with Gasteiger partial charge < -0.3 is 18.9 Å². The quantitative estimate of drug-likeness (QED) is 0.135. The predicted octanol–water partition coefficient (Wildman–Crippen LogP) is 26.3. The van der Waals surface area contributed by atoms with Crippen LogP contribution in [0.25, 0.3) is 111 Å². The van der Waals surface area contributed by atoms with E-state index in [1.54, 1.807) is 0 Å². The molecule has 0 spiro atoms. The van der Waals surface area contributed by atoms with Gasteiger partial charge in [0.25, 0.3) is 6.71 Å². The van der Waals surface area contributed by atoms with Crippen LogP contribution in [-0.2, 0) is 32.5 Å². The highest BCUT2D eigenvalue weighted by Gasteiger charge is 2.46. The molecule has 558 valence electrons. The smallest absolute Gasteiger partial charge is 0.252 e. The van der Waals surface area contributed by atoms with Crippen LogP contribution < -0.4 is 26.2 Å². The van der Waals surface area contributed by atoms with Gasteiger partial charge in [-0.3, -0.25) is 0 Å². The van der Waals surface area contributed by atoms with Crippen molar-refractivity contribution >= 4 is 101 Å². The summed E-state index contributed by atoms with van der Waals surface area (Å²) in [6.07, 6.45) is 0. The van der Waals surface area contributed by atoms with E-state index in [0.29, 0.717) is 11.3 Å². The minimum absolute atomic E-state index is 0.0538. The summed E-state index contributed by atoms with van der Waals surface area (Å²) in [4.78, 5) is 20.3. The van der Waals surface area contributed by atoms with E-state index in [9.17, 15) is 5.48 Å². The lowest BCUT2D eigenvalue weighted by Gasteiger charge is -2.46. The zero-order valence-electron chi connectivity index (χ0n) is 78.0. The Kier molecular flexibility index (Phi) is 14.4. The van der Waals surface area contributed by atoms with Crippen molar-refractivity contribution in [3.63, 3.8) is 0 Å². The lowest BCUT2D eigenvalue weighted by atomic mass is 9.33. The molecule has 13 aromatic carbocycles. The normalized spacial score (nSPS) is 14.6. The molecule has 16 aromatic rings. The van der Waals surface area contributed by atoms with Crippen molar-refractivity contribution in [3.8, 4) is 67.8 Å². The van der Waals surface area contributed by atoms with Crippen LogP contribution in [-0.4, -0.2) is 30.8 Å². The van der Waals surface area contributed by atoms with Crippen LogP contribution in [0.5, 0.6) is 0 Å². The Balaban J connectivity index is 1.01. The fraction of sp³-hybridized carbons (Fsp3) is 0.229. The number of hydrogen-bond acceptors (Lipinski definition) is 5. The van der Waals surface area contributed by atoms with E-state index >= 15 is 0 Å². The second kappa shape index (κ2) is 26.4. The third-order valence-electron chi connectivity index (χ3n) is 23.3. The second-order valence-corrected chi connectivity index (χ2v) is 37.1. The highest BCUT2D eigenvalue weighted by Crippen LogP contribution is 2.53. The number of anilines is 6. The fourth-order valence-electron chi connectivity index (χ4n) is 16.9. The van der Waals surface area contributed by atoms with Gasteiger partial charge in [0.1, 0.15) is 0 Å². The molecule has 0 aliphatic carbocycles. The molecule has 0 saturated heterocycles. The summed E-state index contributed by atoms with van der Waals surface area (Å²) < 4.78 is 96.8. The lowest BCUT2D eigenvalue weighted by molar-refractivity contribution is 0.590. The van der Waals surface area contributed by atoms with Crippen LogP contribution in [0, 0.1) is 0 Å². The van der Waals surface area contributed by atoms with Gasteiger partial charge in [-0.2, -0.15) is 0 Å². The molecule has 5 heterocycles. The molecule has 0 N–H and O–H groups in total. The number of benzene rings is 13. The van der Waals surface area contributed by atoms with E-state index in [2.05, 4.69) is 356 Å². The average molecular weight is 1480 g/mol. The topological polar surface area (TPSA) is 55.0 Å². The molecule has 0 unspecified atom stereocenters. The van der Waals surface area contributed by atoms with Crippen LogP contribution in [0.3, 0.4) is 0 Å². The van der Waals surface area contributed by atoms with Crippen LogP contribution in [0.4, 0.5) is 34.1 Å². The summed E-state index contributed by atoms with van der Waals surface area (Å²) in [7, 11) is 0. The van der Waals surface area contributed by atoms with E-state index < -0.39 is 78.0 Å². The summed E-state index contributed by atoms with van der Waals surface area (Å²) in [6, 6.07) is 74.8. The molecule has 0 amide bonds. The third-order valence-corrected chi connectivity index (χ3v) is 23.3. The first kappa shape index (κ1) is 61.8. The average Bonchev–Trinajstić information content (AvgIpc) is 1.03. The third kappa shape index (κ3) is 12.6. The van der Waals surface area contributed by atoms with Crippen molar-refractivity contribution in [2.75, 3.05) is 9.80 Å². The first-order valence-corrected chi connectivity index (χ1v) is 39.5. The molecule has 7 nitrogen and oxygen atoms in total. The van der Waals surface area contributed by atoms with Gasteiger partial charge >= 0.3 is 0 Å². The molecule has 0 fully saturated rings. The van der Waals surface area contributed by atoms with E-state index in [4.69, 9.17) is 23.2 Å². The van der Waals surface area contributed by atoms with E-state index in [0.717, 1.165) is 122 Å². The predicted molar refractivity (Wildman–Crippen MR) is 482 cm³/mol. The Morgan fingerprint density at radius 1 is 0.265 bits per heavy atom. The maximum atomic E-state index is 9.53. The Hall–Kier alpha value is -11.9. The van der Waals surface area contributed by atoms with Crippen molar-refractivity contribution in [1.29, 1.82) is 0 Å². The second-order valence-electron chi connectivity index (χ2n) is 37.1. The zero-order valence-corrected chi connectivity index (χ0v) is 68.0. The molecule has 0 atom stereocenters. The molecular formula is C105H100BN7. The summed E-state index contributed by atoms with van der Waals surface area (Å²) in [5.41, 5.74) is 23.2. The van der Waals surface area contributed by atoms with E-state index in [1.807, 2.05) is 6.07 Å². The monoisotopic (exact) mass is 1480 g/mol. The Morgan fingerprint density at radius 2 is 0.619 bits per heavy atom. The van der Waals surface area contributed by atoms with Crippen molar-refractivity contribution in [2.45, 2.75) is 157 Å². The highest BCUT2D eigenvalue weighted by atomic mass is 15.2. The Labute approximate surface area is 681 Å². The number of aromatic nitrogens is 5. The van der Waals surface area contributed by atoms with Crippen molar-refractivity contribution < 1.29 is 13.7 Å². The minimum atomic E-state index is -0.634. The number of hydrogen-bond donors (Lipinski definition) is 0. The highest BCUT2D eigenvalue weighted by molar-refractivity contribution is 7.00. The van der Waals surface area contributed by atoms with Crippen molar-refractivity contribution in [3.05, 3.63) is 312 Å². The van der Waals surface area contributed by atoms with Crippen molar-refractivity contribution in [1.82, 2.24) is 24.1 Å². The maximum absolute atomic E-state index is 9.53. The molecule has 8 heteroatoms. The zero-order chi connectivity index (χ0) is 87.4. The van der Waals surface area contributed by atoms with Gasteiger partial charge in [0.2, 0.25) is 0 Å². The lowest BCUT2D eigenvalue weighted by Crippen LogP contribution is -2.61. The van der Waals surface area contributed by atoms with Gasteiger partial charge in [-0.1, -0.05) is 294 Å². The summed E-state index contributed by atoms with van der Waals surface area (Å²) in [5, 5.41) is 4.61. The Bertz CT molecular complexity index is 6860. The molecule has 113 heavy (non-hydrogen) atoms. The van der Waals surface area contributed by atoms with E-state index in [1.165, 1.54) is 33.0 Å². The van der Waals surface area contributed by atoms with Crippen molar-refractivity contribution in [2.24, 2.45) is 0 Å². The summed E-state index contributed by atoms with van der Waals surface area (Å²) in [6.45, 7) is 39.9. The molecule has 18 rings (SSSR count). The SMILES string of the molecule is [2H]c1c([2H])c([2H])c(-c2nc(-c3cc(C(C)(C)C)ccc3N3c4cc(-n5c6ccc(C(C)(C)C)cc6c6cc(C(C)(C)C)ccc65)ccc4B4c5ccc(-n6c7ccc(C(C)(C)C)cc7c7cc(C(C)(C)C)ccc76)cc5N(c5ccc(-c6ccccc6)cc5-c5ccccc5)c5cc(C(C)(C)C)cc3c54)nc(-c3c([2H])c([2H])c([2H])c([2H])c3[2H])n2)c([2H])c1[2H]. The summed E-state index contributed by atoms with van der Waals surface area (Å²) in [5.74, 6) is -0.777. The minimum Gasteiger partial charge on any atom is -0.311 e. The molecule has 0 radical (unpaired) electrons. The van der Waals surface area contributed by atoms with E-state index in [-0.39, 0.29) is 50.3 Å². The van der Waals surface area contributed by atoms with Gasteiger partial charge in [-0.25, -0.2) is 15.0 Å². The molecule has 0 bridgehead atoms. The van der Waals surface area contributed by atoms with Crippen LogP contribution in [0.1, 0.15) is 172 Å². The first-order chi connectivity index (χ1) is 58.0. The van der Waals surface area contributed by atoms with Gasteiger partial charge in [0.15, 0.2) is 17.5 Å². The van der Waals surface area contributed by atoms with Gasteiger partial charge in [0, 0.05) is 77.9 Å². The number of rotatable bonds is 9. The molecule has 2 aliphatic heterocycles. The Morgan fingerprint density at radius 3 is 1.02 bits per heavy atom. The van der Waals surface area contributed by atoms with Gasteiger partial charge in [0.05, 0.1) is 47.1 Å². The molecular weight excluding hydrogens is 1370 g/mol.